The number of fused-ring (bicyclic) bond motifs is 1. The number of benzene rings is 1. The molecule has 0 saturated carbocycles. The quantitative estimate of drug-likeness (QED) is 0.638. The van der Waals surface area contributed by atoms with Crippen LogP contribution in [0, 0.1) is 0 Å². The molecule has 3 heterocycles. The first-order valence-electron chi connectivity index (χ1n) is 8.81. The van der Waals surface area contributed by atoms with Crippen molar-refractivity contribution in [2.24, 2.45) is 0 Å². The first-order chi connectivity index (χ1) is 13.7. The molecule has 1 N–H and O–H groups in total. The molecule has 1 aliphatic rings. The highest BCUT2D eigenvalue weighted by Gasteiger charge is 2.20. The molecule has 1 aromatic carbocycles. The summed E-state index contributed by atoms with van der Waals surface area (Å²) in [6.45, 7) is 3.07. The highest BCUT2D eigenvalue weighted by Crippen LogP contribution is 2.39. The standard InChI is InChI=1S/C19H20N4O3S2/c1-25-14-4-3-13(23-7-9-26-10-8-23)17-16(14)21-19(28-17)22-18(24)12-5-6-20-15(11-12)27-2/h3-6,11H,7-10H2,1-2H3,(H,21,22,24). The lowest BCUT2D eigenvalue weighted by molar-refractivity contribution is 0.102. The monoisotopic (exact) mass is 416 g/mol. The fraction of sp³-hybridized carbons (Fsp3) is 0.316. The van der Waals surface area contributed by atoms with Crippen LogP contribution >= 0.6 is 23.1 Å². The maximum Gasteiger partial charge on any atom is 0.257 e. The number of aromatic nitrogens is 2. The van der Waals surface area contributed by atoms with Gasteiger partial charge in [0.25, 0.3) is 5.91 Å². The molecule has 0 bridgehead atoms. The molecule has 0 radical (unpaired) electrons. The largest absolute Gasteiger partial charge is 0.494 e. The number of carbonyl (C=O) groups excluding carboxylic acids is 1. The Labute approximate surface area is 171 Å². The van der Waals surface area contributed by atoms with Gasteiger partial charge in [-0.1, -0.05) is 11.3 Å². The van der Waals surface area contributed by atoms with Crippen molar-refractivity contribution < 1.29 is 14.3 Å². The van der Waals surface area contributed by atoms with Gasteiger partial charge in [-0.2, -0.15) is 0 Å². The van der Waals surface area contributed by atoms with E-state index in [1.807, 2.05) is 18.4 Å². The third-order valence-electron chi connectivity index (χ3n) is 4.48. The molecule has 0 spiro atoms. The van der Waals surface area contributed by atoms with Gasteiger partial charge < -0.3 is 14.4 Å². The molecule has 1 aliphatic heterocycles. The number of hydrogen-bond donors (Lipinski definition) is 1. The maximum absolute atomic E-state index is 12.7. The Morgan fingerprint density at radius 1 is 1.32 bits per heavy atom. The Bertz CT molecular complexity index is 1000. The van der Waals surface area contributed by atoms with Crippen LogP contribution in [0.25, 0.3) is 10.2 Å². The minimum atomic E-state index is -0.205. The molecule has 28 heavy (non-hydrogen) atoms. The number of pyridine rings is 1. The lowest BCUT2D eigenvalue weighted by Crippen LogP contribution is -2.36. The summed E-state index contributed by atoms with van der Waals surface area (Å²) in [6.07, 6.45) is 3.57. The summed E-state index contributed by atoms with van der Waals surface area (Å²) >= 11 is 2.95. The van der Waals surface area contributed by atoms with Crippen molar-refractivity contribution in [2.75, 3.05) is 49.9 Å². The number of anilines is 2. The van der Waals surface area contributed by atoms with Crippen LogP contribution in [-0.2, 0) is 4.74 Å². The number of carbonyl (C=O) groups is 1. The number of thioether (sulfide) groups is 1. The lowest BCUT2D eigenvalue weighted by atomic mass is 10.2. The van der Waals surface area contributed by atoms with Crippen LogP contribution in [0.4, 0.5) is 10.8 Å². The van der Waals surface area contributed by atoms with Crippen LogP contribution in [0.3, 0.4) is 0 Å². The minimum Gasteiger partial charge on any atom is -0.494 e. The Kier molecular flexibility index (Phi) is 5.65. The minimum absolute atomic E-state index is 0.205. The zero-order valence-corrected chi connectivity index (χ0v) is 17.2. The molecule has 4 rings (SSSR count). The third kappa shape index (κ3) is 3.78. The second-order valence-electron chi connectivity index (χ2n) is 6.12. The number of rotatable bonds is 5. The van der Waals surface area contributed by atoms with Crippen molar-refractivity contribution in [3.05, 3.63) is 36.0 Å². The van der Waals surface area contributed by atoms with Gasteiger partial charge in [-0.25, -0.2) is 9.97 Å². The van der Waals surface area contributed by atoms with Gasteiger partial charge >= 0.3 is 0 Å². The van der Waals surface area contributed by atoms with E-state index >= 15 is 0 Å². The number of amides is 1. The molecule has 146 valence electrons. The average Bonchev–Trinajstić information content (AvgIpc) is 3.17. The van der Waals surface area contributed by atoms with E-state index in [0.29, 0.717) is 29.7 Å². The van der Waals surface area contributed by atoms with Crippen molar-refractivity contribution >= 4 is 50.0 Å². The summed E-state index contributed by atoms with van der Waals surface area (Å²) in [4.78, 5) is 23.8. The smallest absolute Gasteiger partial charge is 0.257 e. The Morgan fingerprint density at radius 2 is 2.14 bits per heavy atom. The summed E-state index contributed by atoms with van der Waals surface area (Å²) in [6, 6.07) is 7.44. The van der Waals surface area contributed by atoms with Crippen LogP contribution in [-0.4, -0.2) is 55.5 Å². The number of thiazole rings is 1. The lowest BCUT2D eigenvalue weighted by Gasteiger charge is -2.29. The fourth-order valence-electron chi connectivity index (χ4n) is 3.07. The SMILES string of the molecule is COc1ccc(N2CCOCC2)c2sc(NC(=O)c3ccnc(SC)c3)nc12. The topological polar surface area (TPSA) is 76.6 Å². The zero-order valence-electron chi connectivity index (χ0n) is 15.6. The van der Waals surface area contributed by atoms with Crippen molar-refractivity contribution in [2.45, 2.75) is 5.03 Å². The predicted octanol–water partition coefficient (Wildman–Crippen LogP) is 3.51. The summed E-state index contributed by atoms with van der Waals surface area (Å²) in [7, 11) is 1.63. The van der Waals surface area contributed by atoms with Gasteiger partial charge in [0.2, 0.25) is 0 Å². The van der Waals surface area contributed by atoms with Crippen LogP contribution in [0.2, 0.25) is 0 Å². The van der Waals surface area contributed by atoms with Crippen molar-refractivity contribution in [3.8, 4) is 5.75 Å². The Hall–Kier alpha value is -2.36. The van der Waals surface area contributed by atoms with Gasteiger partial charge in [0.15, 0.2) is 5.13 Å². The molecular formula is C19H20N4O3S2. The number of hydrogen-bond acceptors (Lipinski definition) is 8. The van der Waals surface area contributed by atoms with Crippen molar-refractivity contribution in [3.63, 3.8) is 0 Å². The molecule has 1 amide bonds. The molecule has 1 fully saturated rings. The van der Waals surface area contributed by atoms with Gasteiger partial charge in [-0.15, -0.1) is 11.8 Å². The molecule has 1 saturated heterocycles. The fourth-order valence-corrected chi connectivity index (χ4v) is 4.50. The van der Waals surface area contributed by atoms with E-state index in [1.165, 1.54) is 23.1 Å². The van der Waals surface area contributed by atoms with E-state index in [2.05, 4.69) is 20.2 Å². The number of methoxy groups -OCH3 is 1. The molecule has 2 aromatic heterocycles. The highest BCUT2D eigenvalue weighted by molar-refractivity contribution is 7.98. The van der Waals surface area contributed by atoms with Crippen LogP contribution < -0.4 is 15.0 Å². The first-order valence-corrected chi connectivity index (χ1v) is 10.9. The number of morpholine rings is 1. The van der Waals surface area contributed by atoms with E-state index < -0.39 is 0 Å². The van der Waals surface area contributed by atoms with E-state index in [1.54, 1.807) is 25.4 Å². The van der Waals surface area contributed by atoms with Crippen LogP contribution in [0.15, 0.2) is 35.5 Å². The van der Waals surface area contributed by atoms with Gasteiger partial charge in [0, 0.05) is 24.8 Å². The second-order valence-corrected chi connectivity index (χ2v) is 7.95. The number of nitrogens with one attached hydrogen (secondary N) is 1. The van der Waals surface area contributed by atoms with Crippen LogP contribution in [0.5, 0.6) is 5.75 Å². The van der Waals surface area contributed by atoms with E-state index in [-0.39, 0.29) is 5.91 Å². The Morgan fingerprint density at radius 3 is 2.89 bits per heavy atom. The second kappa shape index (κ2) is 8.34. The van der Waals surface area contributed by atoms with Crippen molar-refractivity contribution in [1.29, 1.82) is 0 Å². The predicted molar refractivity (Wildman–Crippen MR) is 113 cm³/mol. The molecule has 0 atom stereocenters. The van der Waals surface area contributed by atoms with Gasteiger partial charge in [-0.05, 0) is 30.5 Å². The first kappa shape index (κ1) is 19.0. The maximum atomic E-state index is 12.7. The molecule has 0 aliphatic carbocycles. The van der Waals surface area contributed by atoms with Crippen molar-refractivity contribution in [1.82, 2.24) is 9.97 Å². The normalized spacial score (nSPS) is 14.3. The summed E-state index contributed by atoms with van der Waals surface area (Å²) in [5.41, 5.74) is 2.40. The number of ether oxygens (including phenoxy) is 2. The number of nitrogens with zero attached hydrogens (tertiary/aromatic N) is 3. The van der Waals surface area contributed by atoms with Crippen LogP contribution in [0.1, 0.15) is 10.4 Å². The van der Waals surface area contributed by atoms with E-state index in [4.69, 9.17) is 9.47 Å². The molecule has 9 heteroatoms. The molecule has 3 aromatic rings. The van der Waals surface area contributed by atoms with E-state index in [9.17, 15) is 4.79 Å². The third-order valence-corrected chi connectivity index (χ3v) is 6.12. The summed E-state index contributed by atoms with van der Waals surface area (Å²) in [5.74, 6) is 0.487. The van der Waals surface area contributed by atoms with E-state index in [0.717, 1.165) is 34.0 Å². The van der Waals surface area contributed by atoms with Gasteiger partial charge in [0.1, 0.15) is 11.3 Å². The molecule has 7 nitrogen and oxygen atoms in total. The molecule has 0 unspecified atom stereocenters. The summed E-state index contributed by atoms with van der Waals surface area (Å²) in [5, 5.41) is 4.26. The molecular weight excluding hydrogens is 396 g/mol. The van der Waals surface area contributed by atoms with Gasteiger partial charge in [0.05, 0.1) is 35.7 Å². The van der Waals surface area contributed by atoms with Gasteiger partial charge in [-0.3, -0.25) is 10.1 Å². The Balaban J connectivity index is 1.66. The average molecular weight is 417 g/mol. The zero-order chi connectivity index (χ0) is 19.5. The highest BCUT2D eigenvalue weighted by atomic mass is 32.2. The summed E-state index contributed by atoms with van der Waals surface area (Å²) < 4.78 is 11.9.